The Kier molecular flexibility index (Phi) is 4.04. The molecule has 2 N–H and O–H groups in total. The van der Waals surface area contributed by atoms with Gasteiger partial charge in [-0.15, -0.1) is 0 Å². The molecule has 1 aromatic carbocycles. The van der Waals surface area contributed by atoms with Crippen LogP contribution in [0.2, 0.25) is 0 Å². The summed E-state index contributed by atoms with van der Waals surface area (Å²) in [7, 11) is 0. The highest BCUT2D eigenvalue weighted by Crippen LogP contribution is 2.22. The van der Waals surface area contributed by atoms with Gasteiger partial charge in [0.1, 0.15) is 11.6 Å². The lowest BCUT2D eigenvalue weighted by molar-refractivity contribution is 0.0511. The van der Waals surface area contributed by atoms with E-state index in [1.54, 1.807) is 0 Å². The molecule has 1 aliphatic rings. The number of aliphatic hydroxyl groups is 1. The van der Waals surface area contributed by atoms with Crippen LogP contribution in [-0.4, -0.2) is 30.9 Å². The quantitative estimate of drug-likeness (QED) is 0.842. The first-order chi connectivity index (χ1) is 8.16. The molecule has 1 heterocycles. The average Bonchev–Trinajstić information content (AvgIpc) is 2.33. The van der Waals surface area contributed by atoms with Crippen molar-refractivity contribution in [3.8, 4) is 0 Å². The molecule has 0 saturated carbocycles. The molecule has 1 fully saturated rings. The molecule has 0 spiro atoms. The Labute approximate surface area is 98.4 Å². The van der Waals surface area contributed by atoms with E-state index < -0.39 is 17.7 Å². The van der Waals surface area contributed by atoms with Crippen LogP contribution in [-0.2, 0) is 4.74 Å². The van der Waals surface area contributed by atoms with Crippen LogP contribution in [0.4, 0.5) is 8.78 Å². The third-order valence-electron chi connectivity index (χ3n) is 2.82. The zero-order valence-electron chi connectivity index (χ0n) is 9.33. The molecule has 1 saturated heterocycles. The smallest absolute Gasteiger partial charge is 0.129 e. The van der Waals surface area contributed by atoms with Crippen LogP contribution in [0.5, 0.6) is 0 Å². The second-order valence-electron chi connectivity index (χ2n) is 4.14. The molecule has 2 unspecified atom stereocenters. The number of benzene rings is 1. The third-order valence-corrected chi connectivity index (χ3v) is 2.82. The van der Waals surface area contributed by atoms with E-state index in [4.69, 9.17) is 4.74 Å². The van der Waals surface area contributed by atoms with Gasteiger partial charge in [0.25, 0.3) is 0 Å². The molecule has 17 heavy (non-hydrogen) atoms. The SMILES string of the molecule is OC(CC1COCCN1)c1cc(F)ccc1F. The molecule has 5 heteroatoms. The van der Waals surface area contributed by atoms with Gasteiger partial charge in [-0.05, 0) is 24.6 Å². The zero-order chi connectivity index (χ0) is 12.3. The standard InChI is InChI=1S/C12H15F2NO2/c13-8-1-2-11(14)10(5-8)12(16)6-9-7-17-4-3-15-9/h1-2,5,9,12,15-16H,3-4,6-7H2. The molecule has 94 valence electrons. The highest BCUT2D eigenvalue weighted by molar-refractivity contribution is 5.21. The topological polar surface area (TPSA) is 41.5 Å². The highest BCUT2D eigenvalue weighted by Gasteiger charge is 2.21. The number of halogens is 2. The fourth-order valence-corrected chi connectivity index (χ4v) is 1.94. The Balaban J connectivity index is 2.02. The summed E-state index contributed by atoms with van der Waals surface area (Å²) in [4.78, 5) is 0. The van der Waals surface area contributed by atoms with E-state index in [0.717, 1.165) is 18.2 Å². The van der Waals surface area contributed by atoms with E-state index in [1.165, 1.54) is 0 Å². The molecule has 0 bridgehead atoms. The lowest BCUT2D eigenvalue weighted by Gasteiger charge is -2.26. The maximum Gasteiger partial charge on any atom is 0.129 e. The Morgan fingerprint density at radius 3 is 3.00 bits per heavy atom. The van der Waals surface area contributed by atoms with Gasteiger partial charge in [-0.3, -0.25) is 0 Å². The number of morpholine rings is 1. The number of hydrogen-bond donors (Lipinski definition) is 2. The summed E-state index contributed by atoms with van der Waals surface area (Å²) >= 11 is 0. The van der Waals surface area contributed by atoms with Crippen LogP contribution < -0.4 is 5.32 Å². The summed E-state index contributed by atoms with van der Waals surface area (Å²) in [6.45, 7) is 1.83. The van der Waals surface area contributed by atoms with Crippen LogP contribution in [0, 0.1) is 11.6 Å². The number of nitrogens with one attached hydrogen (secondary N) is 1. The lowest BCUT2D eigenvalue weighted by Crippen LogP contribution is -2.42. The van der Waals surface area contributed by atoms with Crippen molar-refractivity contribution in [2.75, 3.05) is 19.8 Å². The second-order valence-corrected chi connectivity index (χ2v) is 4.14. The molecule has 1 aromatic rings. The first-order valence-electron chi connectivity index (χ1n) is 5.61. The van der Waals surface area contributed by atoms with Gasteiger partial charge >= 0.3 is 0 Å². The maximum atomic E-state index is 13.4. The predicted molar refractivity (Wildman–Crippen MR) is 58.5 cm³/mol. The van der Waals surface area contributed by atoms with Crippen molar-refractivity contribution in [3.05, 3.63) is 35.4 Å². The number of rotatable bonds is 3. The van der Waals surface area contributed by atoms with Crippen molar-refractivity contribution in [1.29, 1.82) is 0 Å². The summed E-state index contributed by atoms with van der Waals surface area (Å²) in [6.07, 6.45) is -0.717. The summed E-state index contributed by atoms with van der Waals surface area (Å²) < 4.78 is 31.6. The molecule has 1 aliphatic heterocycles. The Bertz CT molecular complexity index is 381. The van der Waals surface area contributed by atoms with Crippen molar-refractivity contribution in [2.45, 2.75) is 18.6 Å². The van der Waals surface area contributed by atoms with E-state index >= 15 is 0 Å². The molecule has 3 nitrogen and oxygen atoms in total. The molecular weight excluding hydrogens is 228 g/mol. The van der Waals surface area contributed by atoms with Crippen molar-refractivity contribution in [2.24, 2.45) is 0 Å². The Morgan fingerprint density at radius 2 is 2.29 bits per heavy atom. The van der Waals surface area contributed by atoms with Crippen molar-refractivity contribution in [1.82, 2.24) is 5.32 Å². The Hall–Kier alpha value is -1.04. The minimum atomic E-state index is -1.02. The van der Waals surface area contributed by atoms with Crippen LogP contribution in [0.15, 0.2) is 18.2 Å². The molecular formula is C12H15F2NO2. The van der Waals surface area contributed by atoms with E-state index in [-0.39, 0.29) is 11.6 Å². The van der Waals surface area contributed by atoms with Gasteiger partial charge < -0.3 is 15.2 Å². The van der Waals surface area contributed by atoms with Crippen LogP contribution in [0.3, 0.4) is 0 Å². The predicted octanol–water partition coefficient (Wildman–Crippen LogP) is 1.38. The first kappa shape index (κ1) is 12.4. The monoisotopic (exact) mass is 243 g/mol. The maximum absolute atomic E-state index is 13.4. The zero-order valence-corrected chi connectivity index (χ0v) is 9.33. The molecule has 0 aliphatic carbocycles. The van der Waals surface area contributed by atoms with E-state index in [1.807, 2.05) is 0 Å². The van der Waals surface area contributed by atoms with Gasteiger partial charge in [-0.25, -0.2) is 8.78 Å². The Morgan fingerprint density at radius 1 is 1.47 bits per heavy atom. The average molecular weight is 243 g/mol. The molecule has 0 radical (unpaired) electrons. The number of aliphatic hydroxyl groups excluding tert-OH is 1. The van der Waals surface area contributed by atoms with Crippen molar-refractivity contribution < 1.29 is 18.6 Å². The molecule has 2 atom stereocenters. The van der Waals surface area contributed by atoms with Gasteiger partial charge in [0, 0.05) is 18.2 Å². The van der Waals surface area contributed by atoms with Crippen molar-refractivity contribution >= 4 is 0 Å². The molecule has 0 aromatic heterocycles. The lowest BCUT2D eigenvalue weighted by atomic mass is 10.0. The van der Waals surface area contributed by atoms with Gasteiger partial charge in [-0.1, -0.05) is 0 Å². The summed E-state index contributed by atoms with van der Waals surface area (Å²) in [5.74, 6) is -1.14. The minimum absolute atomic E-state index is 0.00243. The van der Waals surface area contributed by atoms with Gasteiger partial charge in [0.2, 0.25) is 0 Å². The van der Waals surface area contributed by atoms with Crippen LogP contribution in [0.1, 0.15) is 18.1 Å². The van der Waals surface area contributed by atoms with Gasteiger partial charge in [0.05, 0.1) is 19.3 Å². The summed E-state index contributed by atoms with van der Waals surface area (Å²) in [5.41, 5.74) is -0.00243. The minimum Gasteiger partial charge on any atom is -0.388 e. The van der Waals surface area contributed by atoms with E-state index in [2.05, 4.69) is 5.32 Å². The molecule has 0 amide bonds. The van der Waals surface area contributed by atoms with Crippen LogP contribution in [0.25, 0.3) is 0 Å². The second kappa shape index (κ2) is 5.53. The fourth-order valence-electron chi connectivity index (χ4n) is 1.94. The summed E-state index contributed by atoms with van der Waals surface area (Å²) in [5, 5.41) is 13.0. The third kappa shape index (κ3) is 3.21. The fraction of sp³-hybridized carbons (Fsp3) is 0.500. The highest BCUT2D eigenvalue weighted by atomic mass is 19.1. The van der Waals surface area contributed by atoms with Crippen molar-refractivity contribution in [3.63, 3.8) is 0 Å². The molecule has 2 rings (SSSR count). The van der Waals surface area contributed by atoms with Gasteiger partial charge in [0.15, 0.2) is 0 Å². The largest absolute Gasteiger partial charge is 0.388 e. The summed E-state index contributed by atoms with van der Waals surface area (Å²) in [6, 6.07) is 3.07. The van der Waals surface area contributed by atoms with E-state index in [0.29, 0.717) is 26.2 Å². The van der Waals surface area contributed by atoms with E-state index in [9.17, 15) is 13.9 Å². The normalized spacial score (nSPS) is 22.4. The van der Waals surface area contributed by atoms with Gasteiger partial charge in [-0.2, -0.15) is 0 Å². The number of hydrogen-bond acceptors (Lipinski definition) is 3. The van der Waals surface area contributed by atoms with Crippen LogP contribution >= 0.6 is 0 Å². The number of ether oxygens (including phenoxy) is 1. The first-order valence-corrected chi connectivity index (χ1v) is 5.61.